The van der Waals surface area contributed by atoms with Gasteiger partial charge in [0.2, 0.25) is 0 Å². The second-order valence-corrected chi connectivity index (χ2v) is 14.3. The largest absolute Gasteiger partial charge is 0.497 e. The Bertz CT molecular complexity index is 1090. The minimum absolute atomic E-state index is 0.122. The molecule has 0 unspecified atom stereocenters. The highest BCUT2D eigenvalue weighted by Gasteiger charge is 2.37. The van der Waals surface area contributed by atoms with E-state index in [2.05, 4.69) is 39.0 Å². The van der Waals surface area contributed by atoms with Gasteiger partial charge in [-0.15, -0.1) is 0 Å². The molecular weight excluding hydrogens is 461 g/mol. The van der Waals surface area contributed by atoms with E-state index in [1.54, 1.807) is 48.5 Å². The number of aromatic nitrogens is 2. The lowest BCUT2D eigenvalue weighted by atomic mass is 10.1. The summed E-state index contributed by atoms with van der Waals surface area (Å²) < 4.78 is 58.5. The maximum absolute atomic E-state index is 13.4. The summed E-state index contributed by atoms with van der Waals surface area (Å²) in [5.74, 6) is 1.22. The third-order valence-electron chi connectivity index (χ3n) is 6.09. The van der Waals surface area contributed by atoms with Crippen LogP contribution in [0.1, 0.15) is 26.5 Å². The van der Waals surface area contributed by atoms with Crippen molar-refractivity contribution >= 4 is 8.32 Å². The lowest BCUT2D eigenvalue weighted by molar-refractivity contribution is -0.141. The van der Waals surface area contributed by atoms with Crippen molar-refractivity contribution in [3.8, 4) is 28.4 Å². The summed E-state index contributed by atoms with van der Waals surface area (Å²) in [6, 6.07) is 14.6. The van der Waals surface area contributed by atoms with Gasteiger partial charge in [0.15, 0.2) is 14.0 Å². The normalized spacial score (nSPS) is 12.6. The van der Waals surface area contributed by atoms with E-state index in [-0.39, 0.29) is 5.04 Å². The minimum atomic E-state index is -4.56. The van der Waals surface area contributed by atoms with Gasteiger partial charge in [-0.2, -0.15) is 18.3 Å². The summed E-state index contributed by atoms with van der Waals surface area (Å²) in [5, 5.41) is 3.94. The van der Waals surface area contributed by atoms with Gasteiger partial charge in [-0.25, -0.2) is 4.68 Å². The SMILES string of the molecule is COc1ccc(-n2nc(C(F)(F)F)cc2-c2ccc(OCCO[Si](C)(C)C(C)(C)C)cc2)cc1. The van der Waals surface area contributed by atoms with Gasteiger partial charge < -0.3 is 13.9 Å². The summed E-state index contributed by atoms with van der Waals surface area (Å²) >= 11 is 0. The molecule has 5 nitrogen and oxygen atoms in total. The maximum atomic E-state index is 13.4. The average Bonchev–Trinajstić information content (AvgIpc) is 3.22. The number of methoxy groups -OCH3 is 1. The van der Waals surface area contributed by atoms with E-state index < -0.39 is 20.2 Å². The molecule has 34 heavy (non-hydrogen) atoms. The lowest BCUT2D eigenvalue weighted by Gasteiger charge is -2.36. The van der Waals surface area contributed by atoms with Crippen molar-refractivity contribution < 1.29 is 27.1 Å². The molecular formula is C25H31F3N2O3Si. The van der Waals surface area contributed by atoms with Gasteiger partial charge in [-0.05, 0) is 72.7 Å². The van der Waals surface area contributed by atoms with Crippen molar-refractivity contribution in [2.45, 2.75) is 45.1 Å². The smallest absolute Gasteiger partial charge is 0.435 e. The van der Waals surface area contributed by atoms with E-state index in [1.807, 2.05) is 0 Å². The van der Waals surface area contributed by atoms with Gasteiger partial charge >= 0.3 is 6.18 Å². The molecule has 1 heterocycles. The third-order valence-corrected chi connectivity index (χ3v) is 10.6. The third kappa shape index (κ3) is 6.01. The number of rotatable bonds is 8. The topological polar surface area (TPSA) is 45.5 Å². The first-order valence-corrected chi connectivity index (χ1v) is 13.9. The minimum Gasteiger partial charge on any atom is -0.497 e. The molecule has 0 N–H and O–H groups in total. The van der Waals surface area contributed by atoms with Crippen molar-refractivity contribution in [2.75, 3.05) is 20.3 Å². The summed E-state index contributed by atoms with van der Waals surface area (Å²) in [4.78, 5) is 0. The number of alkyl halides is 3. The molecule has 2 aromatic carbocycles. The molecule has 0 aliphatic carbocycles. The van der Waals surface area contributed by atoms with Gasteiger partial charge in [0.1, 0.15) is 18.1 Å². The monoisotopic (exact) mass is 492 g/mol. The van der Waals surface area contributed by atoms with Crippen LogP contribution in [0.5, 0.6) is 11.5 Å². The fourth-order valence-electron chi connectivity index (χ4n) is 3.04. The summed E-state index contributed by atoms with van der Waals surface area (Å²) in [5.41, 5.74) is 0.449. The molecule has 0 aliphatic heterocycles. The standard InChI is InChI=1S/C25H31F3N2O3Si/c1-24(2,3)34(5,6)33-16-15-32-21-11-7-18(8-12-21)22-17-23(25(26,27)28)29-30(22)19-9-13-20(31-4)14-10-19/h7-14,17H,15-16H2,1-6H3. The van der Waals surface area contributed by atoms with Crippen LogP contribution in [0.15, 0.2) is 54.6 Å². The molecule has 9 heteroatoms. The van der Waals surface area contributed by atoms with E-state index in [0.29, 0.717) is 41.7 Å². The fourth-order valence-corrected chi connectivity index (χ4v) is 4.07. The second kappa shape index (κ2) is 9.83. The predicted molar refractivity (Wildman–Crippen MR) is 129 cm³/mol. The number of nitrogens with zero attached hydrogens (tertiary/aromatic N) is 2. The molecule has 0 saturated carbocycles. The number of ether oxygens (including phenoxy) is 2. The Balaban J connectivity index is 1.77. The first kappa shape index (κ1) is 25.8. The zero-order valence-corrected chi connectivity index (χ0v) is 21.4. The Hall–Kier alpha value is -2.78. The molecule has 0 saturated heterocycles. The maximum Gasteiger partial charge on any atom is 0.435 e. The number of hydrogen-bond donors (Lipinski definition) is 0. The van der Waals surface area contributed by atoms with Crippen LogP contribution < -0.4 is 9.47 Å². The van der Waals surface area contributed by atoms with Crippen LogP contribution in [0.25, 0.3) is 16.9 Å². The molecule has 184 valence electrons. The zero-order chi connectivity index (χ0) is 25.1. The molecule has 3 rings (SSSR count). The Morgan fingerprint density at radius 1 is 0.882 bits per heavy atom. The number of halogens is 3. The Morgan fingerprint density at radius 2 is 1.47 bits per heavy atom. The fraction of sp³-hybridized carbons (Fsp3) is 0.400. The van der Waals surface area contributed by atoms with Crippen LogP contribution in [-0.4, -0.2) is 38.4 Å². The molecule has 3 aromatic rings. The summed E-state index contributed by atoms with van der Waals surface area (Å²) in [6.07, 6.45) is -4.56. The quantitative estimate of drug-likeness (QED) is 0.252. The Labute approximate surface area is 199 Å². The highest BCUT2D eigenvalue weighted by atomic mass is 28.4. The van der Waals surface area contributed by atoms with Crippen molar-refractivity contribution in [3.05, 3.63) is 60.3 Å². The lowest BCUT2D eigenvalue weighted by Crippen LogP contribution is -2.41. The zero-order valence-electron chi connectivity index (χ0n) is 20.4. The number of hydrogen-bond acceptors (Lipinski definition) is 4. The van der Waals surface area contributed by atoms with E-state index in [4.69, 9.17) is 13.9 Å². The second-order valence-electron chi connectivity index (χ2n) is 9.50. The summed E-state index contributed by atoms with van der Waals surface area (Å²) in [6.45, 7) is 11.8. The van der Waals surface area contributed by atoms with Crippen LogP contribution in [0.4, 0.5) is 13.2 Å². The van der Waals surface area contributed by atoms with E-state index >= 15 is 0 Å². The predicted octanol–water partition coefficient (Wildman–Crippen LogP) is 6.97. The molecule has 0 atom stereocenters. The highest BCUT2D eigenvalue weighted by molar-refractivity contribution is 6.74. The van der Waals surface area contributed by atoms with E-state index in [0.717, 1.165) is 6.07 Å². The van der Waals surface area contributed by atoms with Crippen LogP contribution >= 0.6 is 0 Å². The van der Waals surface area contributed by atoms with Crippen molar-refractivity contribution in [2.24, 2.45) is 0 Å². The van der Waals surface area contributed by atoms with E-state index in [1.165, 1.54) is 11.8 Å². The van der Waals surface area contributed by atoms with Crippen LogP contribution in [0, 0.1) is 0 Å². The first-order valence-electron chi connectivity index (χ1n) is 11.0. The van der Waals surface area contributed by atoms with Gasteiger partial charge in [-0.3, -0.25) is 0 Å². The number of benzene rings is 2. The average molecular weight is 493 g/mol. The summed E-state index contributed by atoms with van der Waals surface area (Å²) in [7, 11) is -0.316. The van der Waals surface area contributed by atoms with Crippen molar-refractivity contribution in [1.82, 2.24) is 9.78 Å². The van der Waals surface area contributed by atoms with Gasteiger partial charge in [-0.1, -0.05) is 20.8 Å². The Kier molecular flexibility index (Phi) is 7.47. The molecule has 0 radical (unpaired) electrons. The van der Waals surface area contributed by atoms with Gasteiger partial charge in [0.25, 0.3) is 0 Å². The van der Waals surface area contributed by atoms with Crippen LogP contribution in [0.3, 0.4) is 0 Å². The van der Waals surface area contributed by atoms with Crippen molar-refractivity contribution in [1.29, 1.82) is 0 Å². The van der Waals surface area contributed by atoms with Crippen LogP contribution in [0.2, 0.25) is 18.1 Å². The molecule has 0 aliphatic rings. The van der Waals surface area contributed by atoms with Gasteiger partial charge in [0.05, 0.1) is 25.1 Å². The highest BCUT2D eigenvalue weighted by Crippen LogP contribution is 2.36. The molecule has 0 bridgehead atoms. The first-order chi connectivity index (χ1) is 15.8. The Morgan fingerprint density at radius 3 is 2.00 bits per heavy atom. The molecule has 1 aromatic heterocycles. The van der Waals surface area contributed by atoms with Crippen molar-refractivity contribution in [3.63, 3.8) is 0 Å². The van der Waals surface area contributed by atoms with Gasteiger partial charge in [0, 0.05) is 5.56 Å². The van der Waals surface area contributed by atoms with E-state index in [9.17, 15) is 13.2 Å². The molecule has 0 amide bonds. The molecule has 0 spiro atoms. The molecule has 0 fully saturated rings. The van der Waals surface area contributed by atoms with Crippen LogP contribution in [-0.2, 0) is 10.6 Å².